The number of halogens is 2. The third-order valence-electron chi connectivity index (χ3n) is 6.12. The highest BCUT2D eigenvalue weighted by atomic mass is 32.1. The van der Waals surface area contributed by atoms with Gasteiger partial charge in [-0.05, 0) is 30.9 Å². The van der Waals surface area contributed by atoms with Gasteiger partial charge in [0.05, 0.1) is 5.56 Å². The maximum absolute atomic E-state index is 14.0. The van der Waals surface area contributed by atoms with Crippen molar-refractivity contribution < 1.29 is 18.7 Å². The fourth-order valence-electron chi connectivity index (χ4n) is 4.55. The van der Waals surface area contributed by atoms with Crippen molar-refractivity contribution in [3.05, 3.63) is 62.5 Å². The number of carbonyl (C=O) groups excluding carboxylic acids is 1. The molecule has 1 aromatic carbocycles. The standard InChI is InChI=1S/C22H21F2N5O3S/c1-3-27-17-6-11(2)9-28(17)29-10-14(19(30)20(31)18(29)22(27)32)21-26-25-16(33-21)7-12-4-5-13(23)8-15(12)24/h4-5,8,10-11,17,31H,3,6-7,9H2,1-2H3/t11-,17+/m0/s1. The molecule has 5 rings (SSSR count). The molecule has 3 aromatic rings. The van der Waals surface area contributed by atoms with E-state index < -0.39 is 28.7 Å². The number of pyridine rings is 1. The minimum Gasteiger partial charge on any atom is -0.502 e. The highest BCUT2D eigenvalue weighted by Gasteiger charge is 2.44. The lowest BCUT2D eigenvalue weighted by Gasteiger charge is -2.42. The summed E-state index contributed by atoms with van der Waals surface area (Å²) in [6.07, 6.45) is 2.23. The van der Waals surface area contributed by atoms with Crippen molar-refractivity contribution in [3.63, 3.8) is 0 Å². The van der Waals surface area contributed by atoms with Crippen molar-refractivity contribution in [2.75, 3.05) is 18.1 Å². The van der Waals surface area contributed by atoms with E-state index in [4.69, 9.17) is 0 Å². The number of hydrogen-bond donors (Lipinski definition) is 1. The third-order valence-corrected chi connectivity index (χ3v) is 7.07. The van der Waals surface area contributed by atoms with Crippen molar-refractivity contribution in [2.24, 2.45) is 5.92 Å². The second kappa shape index (κ2) is 7.91. The first-order valence-corrected chi connectivity index (χ1v) is 11.4. The average Bonchev–Trinajstić information content (AvgIpc) is 3.39. The molecule has 1 amide bonds. The van der Waals surface area contributed by atoms with Crippen LogP contribution in [0.5, 0.6) is 5.75 Å². The number of rotatable bonds is 4. The molecule has 0 aliphatic carbocycles. The van der Waals surface area contributed by atoms with Crippen LogP contribution in [0.25, 0.3) is 10.6 Å². The van der Waals surface area contributed by atoms with Gasteiger partial charge >= 0.3 is 0 Å². The van der Waals surface area contributed by atoms with Crippen LogP contribution in [0.1, 0.15) is 41.3 Å². The average molecular weight is 474 g/mol. The molecule has 0 spiro atoms. The molecule has 1 saturated heterocycles. The van der Waals surface area contributed by atoms with Gasteiger partial charge in [0, 0.05) is 31.8 Å². The largest absolute Gasteiger partial charge is 0.502 e. The van der Waals surface area contributed by atoms with Crippen molar-refractivity contribution >= 4 is 17.2 Å². The zero-order valence-corrected chi connectivity index (χ0v) is 18.8. The summed E-state index contributed by atoms with van der Waals surface area (Å²) < 4.78 is 28.7. The molecule has 0 bridgehead atoms. The van der Waals surface area contributed by atoms with E-state index in [2.05, 4.69) is 17.1 Å². The molecule has 1 N–H and O–H groups in total. The zero-order chi connectivity index (χ0) is 23.4. The molecule has 0 saturated carbocycles. The highest BCUT2D eigenvalue weighted by molar-refractivity contribution is 7.14. The molecule has 0 radical (unpaired) electrons. The van der Waals surface area contributed by atoms with Gasteiger partial charge < -0.3 is 10.0 Å². The van der Waals surface area contributed by atoms with Gasteiger partial charge in [0.25, 0.3) is 5.91 Å². The van der Waals surface area contributed by atoms with Crippen LogP contribution in [0, 0.1) is 17.6 Å². The maximum Gasteiger partial charge on any atom is 0.278 e. The fourth-order valence-corrected chi connectivity index (χ4v) is 5.42. The van der Waals surface area contributed by atoms with Gasteiger partial charge in [-0.3, -0.25) is 19.3 Å². The minimum atomic E-state index is -0.716. The van der Waals surface area contributed by atoms with Crippen molar-refractivity contribution in [1.82, 2.24) is 19.8 Å². The van der Waals surface area contributed by atoms with E-state index in [1.165, 1.54) is 18.3 Å². The zero-order valence-electron chi connectivity index (χ0n) is 18.0. The summed E-state index contributed by atoms with van der Waals surface area (Å²) in [4.78, 5) is 27.7. The van der Waals surface area contributed by atoms with Crippen LogP contribution in [0.3, 0.4) is 0 Å². The summed E-state index contributed by atoms with van der Waals surface area (Å²) >= 11 is 1.08. The van der Waals surface area contributed by atoms with Crippen LogP contribution in [-0.2, 0) is 6.42 Å². The fraction of sp³-hybridized carbons (Fsp3) is 0.364. The molecule has 8 nitrogen and oxygen atoms in total. The lowest BCUT2D eigenvalue weighted by atomic mass is 10.1. The van der Waals surface area contributed by atoms with Gasteiger partial charge in [0.1, 0.15) is 22.8 Å². The van der Waals surface area contributed by atoms with Crippen LogP contribution in [-0.4, -0.2) is 50.0 Å². The summed E-state index contributed by atoms with van der Waals surface area (Å²) in [6.45, 7) is 5.08. The Hall–Kier alpha value is -3.34. The number of carbonyl (C=O) groups is 1. The first kappa shape index (κ1) is 21.5. The Balaban J connectivity index is 1.56. The molecule has 172 valence electrons. The van der Waals surface area contributed by atoms with Crippen LogP contribution in [0.2, 0.25) is 0 Å². The molecular weight excluding hydrogens is 452 g/mol. The quantitative estimate of drug-likeness (QED) is 0.627. The molecule has 2 aliphatic rings. The lowest BCUT2D eigenvalue weighted by molar-refractivity contribution is 0.0606. The highest BCUT2D eigenvalue weighted by Crippen LogP contribution is 2.34. The number of aromatic hydroxyl groups is 1. The smallest absolute Gasteiger partial charge is 0.278 e. The summed E-state index contributed by atoms with van der Waals surface area (Å²) in [6, 6.07) is 3.30. The number of aromatic nitrogens is 3. The molecular formula is C22H21F2N5O3S. The molecule has 11 heteroatoms. The molecule has 0 unspecified atom stereocenters. The van der Waals surface area contributed by atoms with Gasteiger partial charge in [0.15, 0.2) is 16.5 Å². The number of fused-ring (bicyclic) bond motifs is 3. The van der Waals surface area contributed by atoms with Crippen molar-refractivity contribution in [2.45, 2.75) is 32.9 Å². The second-order valence-electron chi connectivity index (χ2n) is 8.36. The Morgan fingerprint density at radius 3 is 2.76 bits per heavy atom. The normalized spacial score (nSPS) is 19.7. The van der Waals surface area contributed by atoms with Crippen LogP contribution in [0.4, 0.5) is 8.78 Å². The maximum atomic E-state index is 14.0. The van der Waals surface area contributed by atoms with E-state index in [1.54, 1.807) is 9.58 Å². The predicted molar refractivity (Wildman–Crippen MR) is 118 cm³/mol. The number of amides is 1. The predicted octanol–water partition coefficient (Wildman–Crippen LogP) is 2.72. The monoisotopic (exact) mass is 473 g/mol. The van der Waals surface area contributed by atoms with Gasteiger partial charge in [-0.1, -0.05) is 24.3 Å². The Morgan fingerprint density at radius 1 is 1.24 bits per heavy atom. The second-order valence-corrected chi connectivity index (χ2v) is 9.42. The van der Waals surface area contributed by atoms with Crippen LogP contribution in [0.15, 0.2) is 29.2 Å². The number of nitrogens with zero attached hydrogens (tertiary/aromatic N) is 5. The van der Waals surface area contributed by atoms with Gasteiger partial charge in [0.2, 0.25) is 5.43 Å². The molecule has 4 heterocycles. The van der Waals surface area contributed by atoms with E-state index >= 15 is 0 Å². The van der Waals surface area contributed by atoms with Gasteiger partial charge in [-0.2, -0.15) is 0 Å². The van der Waals surface area contributed by atoms with E-state index in [-0.39, 0.29) is 34.4 Å². The van der Waals surface area contributed by atoms with E-state index in [0.29, 0.717) is 24.0 Å². The minimum absolute atomic E-state index is 0.0610. The lowest BCUT2D eigenvalue weighted by Crippen LogP contribution is -2.58. The number of benzene rings is 1. The van der Waals surface area contributed by atoms with Crippen LogP contribution >= 0.6 is 11.3 Å². The Bertz CT molecular complexity index is 1320. The van der Waals surface area contributed by atoms with Gasteiger partial charge in [-0.15, -0.1) is 10.2 Å². The number of hydrogen-bond acceptors (Lipinski definition) is 7. The first-order chi connectivity index (χ1) is 15.8. The summed E-state index contributed by atoms with van der Waals surface area (Å²) in [5.74, 6) is -2.05. The van der Waals surface area contributed by atoms with E-state index in [9.17, 15) is 23.5 Å². The summed E-state index contributed by atoms with van der Waals surface area (Å²) in [5, 5.41) is 21.5. The Morgan fingerprint density at radius 2 is 2.03 bits per heavy atom. The summed E-state index contributed by atoms with van der Waals surface area (Å²) in [7, 11) is 0. The van der Waals surface area contributed by atoms with Gasteiger partial charge in [-0.25, -0.2) is 8.78 Å². The van der Waals surface area contributed by atoms with Crippen molar-refractivity contribution in [3.8, 4) is 16.3 Å². The molecule has 2 aromatic heterocycles. The van der Waals surface area contributed by atoms with Crippen LogP contribution < -0.4 is 10.4 Å². The Labute approximate surface area is 191 Å². The molecule has 2 atom stereocenters. The first-order valence-electron chi connectivity index (χ1n) is 10.6. The SMILES string of the molecule is CCN1C(=O)c2c(O)c(=O)c(-c3nnc(Cc4ccc(F)cc4F)s3)cn2N2C[C@@H](C)C[C@H]12. The molecule has 2 aliphatic heterocycles. The summed E-state index contributed by atoms with van der Waals surface area (Å²) in [5.41, 5.74) is -0.417. The molecule has 33 heavy (non-hydrogen) atoms. The molecule has 1 fully saturated rings. The third kappa shape index (κ3) is 3.47. The van der Waals surface area contributed by atoms with E-state index in [0.717, 1.165) is 23.8 Å². The van der Waals surface area contributed by atoms with E-state index in [1.807, 2.05) is 11.9 Å². The topological polar surface area (TPSA) is 91.6 Å². The van der Waals surface area contributed by atoms with Crippen molar-refractivity contribution in [1.29, 1.82) is 0 Å². The Kier molecular flexibility index (Phi) is 5.15.